The fraction of sp³-hybridized carbons (Fsp3) is 0.850. The number of nitrogens with zero attached hydrogens (tertiary/aromatic N) is 1. The summed E-state index contributed by atoms with van der Waals surface area (Å²) in [5.41, 5.74) is 0. The van der Waals surface area contributed by atoms with E-state index in [0.717, 1.165) is 19.3 Å². The molecule has 2 aliphatic rings. The number of aliphatic hydroxyl groups is 1. The molecule has 26 heavy (non-hydrogen) atoms. The van der Waals surface area contributed by atoms with E-state index in [-0.39, 0.29) is 18.4 Å². The molecule has 0 spiro atoms. The molecule has 0 aromatic rings. The molecule has 1 fully saturated rings. The predicted molar refractivity (Wildman–Crippen MR) is 99.4 cm³/mol. The van der Waals surface area contributed by atoms with Crippen molar-refractivity contribution < 1.29 is 24.1 Å². The number of hydrogen-bond acceptors (Lipinski definition) is 5. The van der Waals surface area contributed by atoms with Gasteiger partial charge in [-0.1, -0.05) is 33.1 Å². The fourth-order valence-electron chi connectivity index (χ4n) is 3.62. The molecule has 0 bridgehead atoms. The van der Waals surface area contributed by atoms with Gasteiger partial charge in [0.15, 0.2) is 5.76 Å². The molecule has 0 radical (unpaired) electrons. The Morgan fingerprint density at radius 1 is 1.27 bits per heavy atom. The van der Waals surface area contributed by atoms with Crippen LogP contribution in [0.4, 0.5) is 0 Å². The molecule has 2 atom stereocenters. The third kappa shape index (κ3) is 6.25. The van der Waals surface area contributed by atoms with Crippen molar-refractivity contribution in [1.29, 1.82) is 0 Å². The Morgan fingerprint density at radius 3 is 2.65 bits per heavy atom. The van der Waals surface area contributed by atoms with Crippen molar-refractivity contribution >= 4 is 5.91 Å². The molecule has 2 rings (SSSR count). The van der Waals surface area contributed by atoms with Gasteiger partial charge in [0.1, 0.15) is 0 Å². The maximum Gasteiger partial charge on any atom is 0.288 e. The van der Waals surface area contributed by atoms with Gasteiger partial charge in [0.25, 0.3) is 5.91 Å². The van der Waals surface area contributed by atoms with E-state index in [9.17, 15) is 4.79 Å². The van der Waals surface area contributed by atoms with Crippen LogP contribution in [0, 0.1) is 11.8 Å². The Kier molecular flexibility index (Phi) is 8.88. The van der Waals surface area contributed by atoms with Gasteiger partial charge in [0, 0.05) is 19.5 Å². The minimum Gasteiger partial charge on any atom is -0.459 e. The molecule has 1 heterocycles. The van der Waals surface area contributed by atoms with Crippen LogP contribution in [0.15, 0.2) is 11.8 Å². The van der Waals surface area contributed by atoms with E-state index in [2.05, 4.69) is 13.8 Å². The van der Waals surface area contributed by atoms with E-state index in [0.29, 0.717) is 37.5 Å². The Bertz CT molecular complexity index is 459. The molecule has 1 saturated carbocycles. The second-order valence-corrected chi connectivity index (χ2v) is 7.64. The van der Waals surface area contributed by atoms with Crippen LogP contribution >= 0.6 is 0 Å². The molecule has 1 amide bonds. The van der Waals surface area contributed by atoms with Gasteiger partial charge in [-0.15, -0.1) is 0 Å². The normalized spacial score (nSPS) is 24.3. The molecule has 1 aliphatic carbocycles. The molecule has 6 nitrogen and oxygen atoms in total. The third-order valence-electron chi connectivity index (χ3n) is 5.37. The van der Waals surface area contributed by atoms with Crippen LogP contribution in [0.2, 0.25) is 0 Å². The van der Waals surface area contributed by atoms with E-state index in [1.54, 1.807) is 0 Å². The summed E-state index contributed by atoms with van der Waals surface area (Å²) in [5.74, 6) is 1.06. The number of hydrogen-bond donors (Lipinski definition) is 1. The highest BCUT2D eigenvalue weighted by molar-refractivity contribution is 5.91. The number of carbonyl (C=O) groups is 1. The van der Waals surface area contributed by atoms with Gasteiger partial charge in [-0.2, -0.15) is 0 Å². The van der Waals surface area contributed by atoms with Crippen LogP contribution in [-0.4, -0.2) is 61.7 Å². The summed E-state index contributed by atoms with van der Waals surface area (Å²) in [4.78, 5) is 14.8. The van der Waals surface area contributed by atoms with Gasteiger partial charge < -0.3 is 24.2 Å². The van der Waals surface area contributed by atoms with E-state index in [4.69, 9.17) is 19.3 Å². The van der Waals surface area contributed by atoms with E-state index in [1.165, 1.54) is 19.3 Å². The summed E-state index contributed by atoms with van der Waals surface area (Å²) >= 11 is 0. The number of ether oxygens (including phenoxy) is 3. The summed E-state index contributed by atoms with van der Waals surface area (Å²) in [7, 11) is 1.89. The monoisotopic (exact) mass is 369 g/mol. The molecule has 1 N–H and O–H groups in total. The maximum absolute atomic E-state index is 13.0. The average molecular weight is 370 g/mol. The van der Waals surface area contributed by atoms with Crippen molar-refractivity contribution in [2.75, 3.05) is 33.5 Å². The first-order valence-corrected chi connectivity index (χ1v) is 9.98. The van der Waals surface area contributed by atoms with Crippen molar-refractivity contribution in [1.82, 2.24) is 4.90 Å². The fourth-order valence-corrected chi connectivity index (χ4v) is 3.62. The second kappa shape index (κ2) is 10.9. The lowest BCUT2D eigenvalue weighted by molar-refractivity contribution is -0.161. The van der Waals surface area contributed by atoms with Crippen LogP contribution in [0.1, 0.15) is 52.4 Å². The topological polar surface area (TPSA) is 68.2 Å². The minimum atomic E-state index is -0.427. The van der Waals surface area contributed by atoms with Crippen molar-refractivity contribution in [3.63, 3.8) is 0 Å². The van der Waals surface area contributed by atoms with Crippen LogP contribution in [-0.2, 0) is 19.0 Å². The lowest BCUT2D eigenvalue weighted by Crippen LogP contribution is -2.41. The van der Waals surface area contributed by atoms with E-state index >= 15 is 0 Å². The summed E-state index contributed by atoms with van der Waals surface area (Å²) in [5, 5.41) is 8.73. The van der Waals surface area contributed by atoms with Gasteiger partial charge in [0.05, 0.1) is 26.4 Å². The Hall–Kier alpha value is -1.11. The lowest BCUT2D eigenvalue weighted by atomic mass is 9.89. The minimum absolute atomic E-state index is 0.00421. The molecule has 0 saturated heterocycles. The van der Waals surface area contributed by atoms with Crippen molar-refractivity contribution in [3.8, 4) is 0 Å². The number of allylic oxidation sites excluding steroid dienone is 1. The van der Waals surface area contributed by atoms with Crippen molar-refractivity contribution in [2.45, 2.75) is 64.7 Å². The van der Waals surface area contributed by atoms with Gasteiger partial charge in [0.2, 0.25) is 6.29 Å². The standard InChI is InChI=1S/C20H35NO5/c1-15(2)16-13-18(20(23)21(3)17-7-5-4-6-8-17)26-19(14-16)25-12-11-24-10-9-22/h13,15-17,19,22H,4-12,14H2,1-3H3/t16-,19+/m0/s1. The summed E-state index contributed by atoms with van der Waals surface area (Å²) in [6.45, 7) is 5.41. The highest BCUT2D eigenvalue weighted by Crippen LogP contribution is 2.30. The van der Waals surface area contributed by atoms with Gasteiger partial charge in [-0.3, -0.25) is 4.79 Å². The molecule has 0 unspecified atom stereocenters. The smallest absolute Gasteiger partial charge is 0.288 e. The number of likely N-dealkylation sites (N-methyl/N-ethyl adjacent to an activating group) is 1. The number of aliphatic hydroxyl groups excluding tert-OH is 1. The first-order chi connectivity index (χ1) is 12.5. The van der Waals surface area contributed by atoms with Crippen LogP contribution in [0.5, 0.6) is 0 Å². The Labute approximate surface area is 157 Å². The highest BCUT2D eigenvalue weighted by Gasteiger charge is 2.32. The van der Waals surface area contributed by atoms with Crippen molar-refractivity contribution in [3.05, 3.63) is 11.8 Å². The molecule has 1 aliphatic heterocycles. The predicted octanol–water partition coefficient (Wildman–Crippen LogP) is 2.71. The Morgan fingerprint density at radius 2 is 2.00 bits per heavy atom. The largest absolute Gasteiger partial charge is 0.459 e. The van der Waals surface area contributed by atoms with Gasteiger partial charge >= 0.3 is 0 Å². The average Bonchev–Trinajstić information content (AvgIpc) is 2.67. The highest BCUT2D eigenvalue weighted by atomic mass is 16.7. The zero-order valence-corrected chi connectivity index (χ0v) is 16.5. The van der Waals surface area contributed by atoms with Crippen LogP contribution in [0.25, 0.3) is 0 Å². The molecule has 0 aromatic heterocycles. The summed E-state index contributed by atoms with van der Waals surface area (Å²) in [6, 6.07) is 0.312. The first kappa shape index (κ1) is 21.2. The molecule has 150 valence electrons. The number of rotatable bonds is 9. The van der Waals surface area contributed by atoms with E-state index in [1.807, 2.05) is 18.0 Å². The van der Waals surface area contributed by atoms with E-state index < -0.39 is 6.29 Å². The second-order valence-electron chi connectivity index (χ2n) is 7.64. The van der Waals surface area contributed by atoms with Gasteiger partial charge in [-0.05, 0) is 30.8 Å². The van der Waals surface area contributed by atoms with Gasteiger partial charge in [-0.25, -0.2) is 0 Å². The maximum atomic E-state index is 13.0. The first-order valence-electron chi connectivity index (χ1n) is 9.98. The van der Waals surface area contributed by atoms with Crippen LogP contribution < -0.4 is 0 Å². The Balaban J connectivity index is 1.94. The molecule has 0 aromatic carbocycles. The zero-order valence-electron chi connectivity index (χ0n) is 16.5. The van der Waals surface area contributed by atoms with Crippen molar-refractivity contribution in [2.24, 2.45) is 11.8 Å². The quantitative estimate of drug-likeness (QED) is 0.633. The SMILES string of the molecule is CC(C)[C@H]1C=C(C(=O)N(C)C2CCCCC2)O[C@@H](OCCOCCO)C1. The van der Waals surface area contributed by atoms with Crippen LogP contribution in [0.3, 0.4) is 0 Å². The number of carbonyl (C=O) groups excluding carboxylic acids is 1. The molecular weight excluding hydrogens is 334 g/mol. The number of amides is 1. The summed E-state index contributed by atoms with van der Waals surface area (Å²) < 4.78 is 16.9. The lowest BCUT2D eigenvalue weighted by Gasteiger charge is -2.35. The zero-order chi connectivity index (χ0) is 18.9. The molecular formula is C20H35NO5. The third-order valence-corrected chi connectivity index (χ3v) is 5.37. The summed E-state index contributed by atoms with van der Waals surface area (Å²) in [6.07, 6.45) is 8.09. The molecule has 6 heteroatoms.